The summed E-state index contributed by atoms with van der Waals surface area (Å²) in [6.45, 7) is 1.73. The van der Waals surface area contributed by atoms with E-state index >= 15 is 0 Å². The molecule has 0 spiro atoms. The highest BCUT2D eigenvalue weighted by molar-refractivity contribution is 6.02. The summed E-state index contributed by atoms with van der Waals surface area (Å²) < 4.78 is 2.11. The zero-order valence-electron chi connectivity index (χ0n) is 22.1. The van der Waals surface area contributed by atoms with E-state index in [0.29, 0.717) is 18.8 Å². The lowest BCUT2D eigenvalue weighted by atomic mass is 9.83. The molecule has 1 amide bonds. The molecule has 0 bridgehead atoms. The Balaban J connectivity index is 1.73. The van der Waals surface area contributed by atoms with Crippen molar-refractivity contribution in [3.8, 4) is 11.5 Å². The fourth-order valence-corrected chi connectivity index (χ4v) is 5.03. The van der Waals surface area contributed by atoms with Crippen LogP contribution in [-0.4, -0.2) is 51.2 Å². The Morgan fingerprint density at radius 1 is 0.897 bits per heavy atom. The van der Waals surface area contributed by atoms with Crippen LogP contribution in [-0.2, 0) is 13.1 Å². The molecule has 2 aromatic heterocycles. The number of hydrogen-bond donors (Lipinski definition) is 3. The molecule has 3 aromatic carbocycles. The smallest absolute Gasteiger partial charge is 0.268 e. The standard InChI is InChI=1S/C32H32N4O3/c1-35(2)18-19-36-28-8-4-3-7-27(28)30(31(36)32(39)34-21-22-6-5-17-33-20-22)29(23-9-13-25(37)14-10-23)24-11-15-26(38)16-12-24/h3-17,20,29,37-38H,18-19,21H2,1-2H3,(H,34,39). The highest BCUT2D eigenvalue weighted by Gasteiger charge is 2.30. The maximum atomic E-state index is 14.1. The molecule has 0 unspecified atom stereocenters. The van der Waals surface area contributed by atoms with Crippen molar-refractivity contribution in [2.45, 2.75) is 19.0 Å². The van der Waals surface area contributed by atoms with Crippen LogP contribution >= 0.6 is 0 Å². The zero-order chi connectivity index (χ0) is 27.4. The first-order valence-corrected chi connectivity index (χ1v) is 12.9. The number of para-hydroxylation sites is 1. The Hall–Kier alpha value is -4.62. The summed E-state index contributed by atoms with van der Waals surface area (Å²) in [5.74, 6) is -0.153. The van der Waals surface area contributed by atoms with Crippen LogP contribution < -0.4 is 5.32 Å². The van der Waals surface area contributed by atoms with Gasteiger partial charge >= 0.3 is 0 Å². The van der Waals surface area contributed by atoms with Crippen molar-refractivity contribution in [3.05, 3.63) is 125 Å². The number of likely N-dealkylation sites (N-methyl/N-ethyl adjacent to an activating group) is 1. The molecular weight excluding hydrogens is 488 g/mol. The molecule has 0 aliphatic heterocycles. The van der Waals surface area contributed by atoms with Gasteiger partial charge in [-0.05, 0) is 67.2 Å². The van der Waals surface area contributed by atoms with Crippen molar-refractivity contribution in [2.24, 2.45) is 0 Å². The van der Waals surface area contributed by atoms with Crippen LogP contribution in [0.25, 0.3) is 10.9 Å². The number of fused-ring (bicyclic) bond motifs is 1. The van der Waals surface area contributed by atoms with E-state index in [2.05, 4.69) is 31.9 Å². The Bertz CT molecular complexity index is 1510. The molecule has 39 heavy (non-hydrogen) atoms. The molecule has 0 saturated carbocycles. The van der Waals surface area contributed by atoms with Crippen LogP contribution in [0.2, 0.25) is 0 Å². The van der Waals surface area contributed by atoms with E-state index in [1.165, 1.54) is 0 Å². The molecule has 7 heteroatoms. The quantitative estimate of drug-likeness (QED) is 0.251. The SMILES string of the molecule is CN(C)CCn1c(C(=O)NCc2cccnc2)c(C(c2ccc(O)cc2)c2ccc(O)cc2)c2ccccc21. The van der Waals surface area contributed by atoms with Crippen LogP contribution in [0.15, 0.2) is 97.3 Å². The molecule has 0 saturated heterocycles. The molecule has 7 nitrogen and oxygen atoms in total. The van der Waals surface area contributed by atoms with Gasteiger partial charge < -0.3 is 25.0 Å². The molecule has 198 valence electrons. The number of rotatable bonds is 9. The van der Waals surface area contributed by atoms with E-state index in [-0.39, 0.29) is 23.3 Å². The molecule has 2 heterocycles. The number of amides is 1. The molecule has 5 rings (SSSR count). The van der Waals surface area contributed by atoms with Crippen molar-refractivity contribution >= 4 is 16.8 Å². The summed E-state index contributed by atoms with van der Waals surface area (Å²) in [7, 11) is 4.04. The minimum atomic E-state index is -0.323. The van der Waals surface area contributed by atoms with E-state index in [1.54, 1.807) is 36.7 Å². The van der Waals surface area contributed by atoms with E-state index in [1.807, 2.05) is 62.6 Å². The van der Waals surface area contributed by atoms with Crippen molar-refractivity contribution in [1.82, 2.24) is 19.8 Å². The van der Waals surface area contributed by atoms with Gasteiger partial charge in [0.2, 0.25) is 0 Å². The minimum Gasteiger partial charge on any atom is -0.508 e. The predicted molar refractivity (Wildman–Crippen MR) is 153 cm³/mol. The second kappa shape index (κ2) is 11.4. The number of aromatic nitrogens is 2. The normalized spacial score (nSPS) is 11.4. The van der Waals surface area contributed by atoms with Crippen LogP contribution in [0.1, 0.15) is 38.7 Å². The van der Waals surface area contributed by atoms with Crippen molar-refractivity contribution < 1.29 is 15.0 Å². The zero-order valence-corrected chi connectivity index (χ0v) is 22.1. The maximum Gasteiger partial charge on any atom is 0.268 e. The summed E-state index contributed by atoms with van der Waals surface area (Å²) in [4.78, 5) is 20.4. The lowest BCUT2D eigenvalue weighted by molar-refractivity contribution is 0.0940. The van der Waals surface area contributed by atoms with Gasteiger partial charge in [-0.3, -0.25) is 9.78 Å². The second-order valence-electron chi connectivity index (χ2n) is 9.89. The highest BCUT2D eigenvalue weighted by atomic mass is 16.3. The van der Waals surface area contributed by atoms with Crippen LogP contribution in [0.3, 0.4) is 0 Å². The number of carbonyl (C=O) groups excluding carboxylic acids is 1. The number of nitrogens with one attached hydrogen (secondary N) is 1. The molecule has 0 aliphatic rings. The van der Waals surface area contributed by atoms with Gasteiger partial charge in [-0.2, -0.15) is 0 Å². The molecule has 0 fully saturated rings. The Labute approximate surface area is 228 Å². The van der Waals surface area contributed by atoms with Gasteiger partial charge in [0.1, 0.15) is 17.2 Å². The van der Waals surface area contributed by atoms with Gasteiger partial charge in [0.05, 0.1) is 0 Å². The van der Waals surface area contributed by atoms with Gasteiger partial charge in [0, 0.05) is 54.4 Å². The van der Waals surface area contributed by atoms with E-state index in [4.69, 9.17) is 0 Å². The fraction of sp³-hybridized carbons (Fsp3) is 0.188. The summed E-state index contributed by atoms with van der Waals surface area (Å²) in [5.41, 5.74) is 5.21. The number of phenols is 2. The third-order valence-electron chi connectivity index (χ3n) is 6.91. The third kappa shape index (κ3) is 5.63. The van der Waals surface area contributed by atoms with Gasteiger partial charge in [-0.15, -0.1) is 0 Å². The van der Waals surface area contributed by atoms with Crippen molar-refractivity contribution in [2.75, 3.05) is 20.6 Å². The Morgan fingerprint density at radius 2 is 1.54 bits per heavy atom. The average molecular weight is 521 g/mol. The van der Waals surface area contributed by atoms with Gasteiger partial charge in [0.15, 0.2) is 0 Å². The van der Waals surface area contributed by atoms with Gasteiger partial charge in [-0.25, -0.2) is 0 Å². The number of aromatic hydroxyl groups is 2. The number of phenolic OH excluding ortho intramolecular Hbond substituents is 2. The molecule has 0 aliphatic carbocycles. The Morgan fingerprint density at radius 3 is 2.13 bits per heavy atom. The first-order chi connectivity index (χ1) is 18.9. The summed E-state index contributed by atoms with van der Waals surface area (Å²) in [6.07, 6.45) is 3.46. The highest BCUT2D eigenvalue weighted by Crippen LogP contribution is 2.41. The number of nitrogens with zero attached hydrogens (tertiary/aromatic N) is 3. The summed E-state index contributed by atoms with van der Waals surface area (Å²) >= 11 is 0. The monoisotopic (exact) mass is 520 g/mol. The molecule has 0 atom stereocenters. The van der Waals surface area contributed by atoms with Crippen LogP contribution in [0, 0.1) is 0 Å². The van der Waals surface area contributed by atoms with Gasteiger partial charge in [-0.1, -0.05) is 48.5 Å². The topological polar surface area (TPSA) is 90.6 Å². The van der Waals surface area contributed by atoms with Crippen LogP contribution in [0.4, 0.5) is 0 Å². The third-order valence-corrected chi connectivity index (χ3v) is 6.91. The molecule has 5 aromatic rings. The van der Waals surface area contributed by atoms with E-state index < -0.39 is 0 Å². The minimum absolute atomic E-state index is 0.172. The fourth-order valence-electron chi connectivity index (χ4n) is 5.03. The second-order valence-corrected chi connectivity index (χ2v) is 9.89. The lowest BCUT2D eigenvalue weighted by Gasteiger charge is -2.21. The maximum absolute atomic E-state index is 14.1. The molecule has 0 radical (unpaired) electrons. The lowest BCUT2D eigenvalue weighted by Crippen LogP contribution is -2.29. The van der Waals surface area contributed by atoms with Gasteiger partial charge in [0.25, 0.3) is 5.91 Å². The average Bonchev–Trinajstić information content (AvgIpc) is 3.27. The number of carbonyl (C=O) groups is 1. The van der Waals surface area contributed by atoms with Crippen molar-refractivity contribution in [1.29, 1.82) is 0 Å². The Kier molecular flexibility index (Phi) is 7.61. The first kappa shape index (κ1) is 26.0. The number of pyridine rings is 1. The first-order valence-electron chi connectivity index (χ1n) is 12.9. The van der Waals surface area contributed by atoms with Crippen LogP contribution in [0.5, 0.6) is 11.5 Å². The molecule has 3 N–H and O–H groups in total. The summed E-state index contributed by atoms with van der Waals surface area (Å²) in [6, 6.07) is 26.1. The largest absolute Gasteiger partial charge is 0.508 e. The molecular formula is C32H32N4O3. The number of hydrogen-bond acceptors (Lipinski definition) is 5. The number of benzene rings is 3. The van der Waals surface area contributed by atoms with E-state index in [9.17, 15) is 15.0 Å². The van der Waals surface area contributed by atoms with E-state index in [0.717, 1.165) is 39.7 Å². The van der Waals surface area contributed by atoms with Crippen molar-refractivity contribution in [3.63, 3.8) is 0 Å². The summed E-state index contributed by atoms with van der Waals surface area (Å²) in [5, 5.41) is 24.2. The predicted octanol–water partition coefficient (Wildman–Crippen LogP) is 5.12.